The van der Waals surface area contributed by atoms with Crippen molar-refractivity contribution < 1.29 is 0 Å². The molecule has 0 saturated heterocycles. The van der Waals surface area contributed by atoms with Gasteiger partial charge in [-0.3, -0.25) is 0 Å². The highest BCUT2D eigenvalue weighted by Crippen LogP contribution is 2.20. The minimum atomic E-state index is 0.778. The van der Waals surface area contributed by atoms with Gasteiger partial charge in [0.2, 0.25) is 0 Å². The Balaban J connectivity index is 1.99. The number of halogens is 2. The molecule has 6 heteroatoms. The van der Waals surface area contributed by atoms with Crippen molar-refractivity contribution in [3.63, 3.8) is 0 Å². The predicted molar refractivity (Wildman–Crippen MR) is 69.1 cm³/mol. The van der Waals surface area contributed by atoms with E-state index < -0.39 is 0 Å². The molecular weight excluding hydrogens is 342 g/mol. The van der Waals surface area contributed by atoms with E-state index in [2.05, 4.69) is 58.6 Å². The summed E-state index contributed by atoms with van der Waals surface area (Å²) in [5.74, 6) is 0.821. The third-order valence-corrected chi connectivity index (χ3v) is 3.83. The van der Waals surface area contributed by atoms with Crippen LogP contribution in [-0.2, 0) is 6.54 Å². The van der Waals surface area contributed by atoms with Gasteiger partial charge in [-0.25, -0.2) is 9.97 Å². The number of rotatable bonds is 3. The van der Waals surface area contributed by atoms with Crippen LogP contribution in [0.1, 0.15) is 4.88 Å². The largest absolute Gasteiger partial charge is 0.365 e. The third-order valence-electron chi connectivity index (χ3n) is 1.70. The lowest BCUT2D eigenvalue weighted by Crippen LogP contribution is -1.99. The molecule has 2 heterocycles. The highest BCUT2D eigenvalue weighted by atomic mass is 79.9. The highest BCUT2D eigenvalue weighted by molar-refractivity contribution is 9.10. The van der Waals surface area contributed by atoms with Crippen LogP contribution in [0, 0.1) is 0 Å². The molecule has 0 spiro atoms. The summed E-state index contributed by atoms with van der Waals surface area (Å²) in [6.07, 6.45) is 1.52. The molecule has 0 unspecified atom stereocenters. The van der Waals surface area contributed by atoms with Crippen molar-refractivity contribution in [2.75, 3.05) is 5.32 Å². The molecule has 0 atom stereocenters. The molecule has 2 rings (SSSR count). The lowest BCUT2D eigenvalue weighted by atomic mass is 10.4. The van der Waals surface area contributed by atoms with E-state index in [1.54, 1.807) is 11.3 Å². The maximum atomic E-state index is 4.10. The summed E-state index contributed by atoms with van der Waals surface area (Å²) in [5, 5.41) is 5.29. The monoisotopic (exact) mass is 347 g/mol. The first-order chi connectivity index (χ1) is 7.24. The lowest BCUT2D eigenvalue weighted by molar-refractivity contribution is 1.08. The fourth-order valence-electron chi connectivity index (χ4n) is 1.05. The summed E-state index contributed by atoms with van der Waals surface area (Å²) in [5.41, 5.74) is 0. The zero-order valence-corrected chi connectivity index (χ0v) is 11.6. The van der Waals surface area contributed by atoms with E-state index in [0.29, 0.717) is 0 Å². The molecule has 0 aliphatic rings. The molecule has 3 nitrogen and oxygen atoms in total. The zero-order valence-electron chi connectivity index (χ0n) is 7.58. The molecule has 0 radical (unpaired) electrons. The van der Waals surface area contributed by atoms with E-state index in [-0.39, 0.29) is 0 Å². The van der Waals surface area contributed by atoms with Gasteiger partial charge in [-0.2, -0.15) is 0 Å². The van der Waals surface area contributed by atoms with Crippen LogP contribution in [0.2, 0.25) is 0 Å². The topological polar surface area (TPSA) is 37.8 Å². The second-order valence-electron chi connectivity index (χ2n) is 2.81. The summed E-state index contributed by atoms with van der Waals surface area (Å²) >= 11 is 8.42. The van der Waals surface area contributed by atoms with Gasteiger partial charge in [0.1, 0.15) is 16.7 Å². The van der Waals surface area contributed by atoms with Crippen molar-refractivity contribution in [3.05, 3.63) is 37.8 Å². The predicted octanol–water partition coefficient (Wildman–Crippen LogP) is 3.68. The number of thiophene rings is 1. The molecule has 2 aromatic rings. The van der Waals surface area contributed by atoms with Crippen molar-refractivity contribution >= 4 is 49.0 Å². The van der Waals surface area contributed by atoms with Crippen molar-refractivity contribution in [1.29, 1.82) is 0 Å². The quantitative estimate of drug-likeness (QED) is 0.860. The molecule has 0 saturated carbocycles. The van der Waals surface area contributed by atoms with Crippen LogP contribution in [0.3, 0.4) is 0 Å². The third kappa shape index (κ3) is 3.25. The van der Waals surface area contributed by atoms with Crippen LogP contribution in [-0.4, -0.2) is 9.97 Å². The molecule has 0 aliphatic heterocycles. The molecule has 78 valence electrons. The summed E-state index contributed by atoms with van der Waals surface area (Å²) in [7, 11) is 0. The van der Waals surface area contributed by atoms with Gasteiger partial charge in [-0.1, -0.05) is 0 Å². The average molecular weight is 349 g/mol. The molecule has 1 N–H and O–H groups in total. The van der Waals surface area contributed by atoms with E-state index in [1.807, 2.05) is 6.07 Å². The number of nitrogens with one attached hydrogen (secondary N) is 1. The molecule has 0 amide bonds. The second kappa shape index (κ2) is 5.05. The van der Waals surface area contributed by atoms with Gasteiger partial charge < -0.3 is 5.32 Å². The van der Waals surface area contributed by atoms with Crippen LogP contribution in [0.4, 0.5) is 5.82 Å². The molecule has 2 aromatic heterocycles. The van der Waals surface area contributed by atoms with Gasteiger partial charge in [0.15, 0.2) is 0 Å². The SMILES string of the molecule is Brc1csc(CNc2cc(Br)ncn2)c1. The fourth-order valence-corrected chi connectivity index (χ4v) is 2.75. The molecule has 0 aromatic carbocycles. The average Bonchev–Trinajstić information content (AvgIpc) is 2.62. The van der Waals surface area contributed by atoms with Crippen molar-refractivity contribution in [2.24, 2.45) is 0 Å². The van der Waals surface area contributed by atoms with Crippen LogP contribution in [0.25, 0.3) is 0 Å². The molecule has 15 heavy (non-hydrogen) atoms. The molecule has 0 bridgehead atoms. The Labute approximate surface area is 108 Å². The first-order valence-electron chi connectivity index (χ1n) is 4.18. The van der Waals surface area contributed by atoms with E-state index in [9.17, 15) is 0 Å². The Morgan fingerprint density at radius 3 is 2.80 bits per heavy atom. The first-order valence-corrected chi connectivity index (χ1v) is 6.65. The van der Waals surface area contributed by atoms with Gasteiger partial charge in [0.05, 0.1) is 6.54 Å². The van der Waals surface area contributed by atoms with E-state index >= 15 is 0 Å². The molecule has 0 aliphatic carbocycles. The standard InChI is InChI=1S/C9H7Br2N3S/c10-6-1-7(15-4-6)3-12-9-2-8(11)13-5-14-9/h1-2,4-5H,3H2,(H,12,13,14). The van der Waals surface area contributed by atoms with Crippen LogP contribution in [0.5, 0.6) is 0 Å². The molecular formula is C9H7Br2N3S. The Hall–Kier alpha value is -0.460. The smallest absolute Gasteiger partial charge is 0.130 e. The van der Waals surface area contributed by atoms with Crippen molar-refractivity contribution in [3.8, 4) is 0 Å². The minimum absolute atomic E-state index is 0.778. The maximum Gasteiger partial charge on any atom is 0.130 e. The second-order valence-corrected chi connectivity index (χ2v) is 5.53. The van der Waals surface area contributed by atoms with Gasteiger partial charge in [-0.15, -0.1) is 11.3 Å². The summed E-state index contributed by atoms with van der Waals surface area (Å²) in [4.78, 5) is 9.32. The van der Waals surface area contributed by atoms with Gasteiger partial charge in [0.25, 0.3) is 0 Å². The summed E-state index contributed by atoms with van der Waals surface area (Å²) < 4.78 is 1.90. The van der Waals surface area contributed by atoms with Gasteiger partial charge in [-0.05, 0) is 37.9 Å². The van der Waals surface area contributed by atoms with Crippen LogP contribution >= 0.6 is 43.2 Å². The van der Waals surface area contributed by atoms with E-state index in [0.717, 1.165) is 21.4 Å². The number of anilines is 1. The number of aromatic nitrogens is 2. The Bertz CT molecular complexity index is 458. The minimum Gasteiger partial charge on any atom is -0.365 e. The van der Waals surface area contributed by atoms with E-state index in [1.165, 1.54) is 11.2 Å². The van der Waals surface area contributed by atoms with Gasteiger partial charge in [0, 0.05) is 20.8 Å². The first kappa shape index (κ1) is 11.0. The number of hydrogen-bond acceptors (Lipinski definition) is 4. The van der Waals surface area contributed by atoms with Crippen LogP contribution in [0.15, 0.2) is 32.9 Å². The Morgan fingerprint density at radius 2 is 2.13 bits per heavy atom. The molecule has 0 fully saturated rings. The number of nitrogens with zero attached hydrogens (tertiary/aromatic N) is 2. The van der Waals surface area contributed by atoms with Crippen molar-refractivity contribution in [1.82, 2.24) is 9.97 Å². The maximum absolute atomic E-state index is 4.10. The fraction of sp³-hybridized carbons (Fsp3) is 0.111. The van der Waals surface area contributed by atoms with E-state index in [4.69, 9.17) is 0 Å². The highest BCUT2D eigenvalue weighted by Gasteiger charge is 1.99. The zero-order chi connectivity index (χ0) is 10.7. The number of hydrogen-bond donors (Lipinski definition) is 1. The Kier molecular flexibility index (Phi) is 3.71. The van der Waals surface area contributed by atoms with Crippen molar-refractivity contribution in [2.45, 2.75) is 6.54 Å². The van der Waals surface area contributed by atoms with Crippen LogP contribution < -0.4 is 5.32 Å². The summed E-state index contributed by atoms with van der Waals surface area (Å²) in [6, 6.07) is 3.94. The lowest BCUT2D eigenvalue weighted by Gasteiger charge is -2.02. The Morgan fingerprint density at radius 1 is 1.27 bits per heavy atom. The normalized spacial score (nSPS) is 10.3. The summed E-state index contributed by atoms with van der Waals surface area (Å²) in [6.45, 7) is 0.778. The van der Waals surface area contributed by atoms with Gasteiger partial charge >= 0.3 is 0 Å².